The van der Waals surface area contributed by atoms with Crippen molar-refractivity contribution in [2.24, 2.45) is 11.0 Å². The molecule has 2 aliphatic heterocycles. The van der Waals surface area contributed by atoms with Crippen molar-refractivity contribution in [1.29, 1.82) is 0 Å². The molecule has 6 atom stereocenters. The molecule has 302 valence electrons. The Bertz CT molecular complexity index is 1170. The lowest BCUT2D eigenvalue weighted by Crippen LogP contribution is -2.36. The van der Waals surface area contributed by atoms with Crippen LogP contribution in [0.15, 0.2) is 28.9 Å². The lowest BCUT2D eigenvalue weighted by atomic mass is 9.94. The number of hydrazone groups is 1. The number of urea groups is 1. The molecule has 3 unspecified atom stereocenters. The molecular formula is C38H65N5O9S. The number of thioether (sulfide) groups is 1. The molecule has 2 fully saturated rings. The topological polar surface area (TPSA) is 178 Å². The average Bonchev–Trinajstić information content (AvgIpc) is 3.70. The number of amides is 4. The fraction of sp³-hybridized carbons (Fsp3) is 0.789. The second-order valence-electron chi connectivity index (χ2n) is 13.9. The lowest BCUT2D eigenvalue weighted by molar-refractivity contribution is -0.122. The number of allylic oxidation sites excluding steroid dienone is 2. The minimum atomic E-state index is -0.610. The average molecular weight is 768 g/mol. The number of rotatable bonds is 22. The van der Waals surface area contributed by atoms with E-state index in [0.717, 1.165) is 69.3 Å². The highest BCUT2D eigenvalue weighted by Gasteiger charge is 2.42. The first-order valence-electron chi connectivity index (χ1n) is 19.4. The third kappa shape index (κ3) is 19.1. The van der Waals surface area contributed by atoms with Gasteiger partial charge in [-0.1, -0.05) is 37.1 Å². The number of fused-ring (bicyclic) bond motifs is 1. The number of carbonyl (C=O) groups is 3. The third-order valence-corrected chi connectivity index (χ3v) is 11.0. The van der Waals surface area contributed by atoms with Gasteiger partial charge in [-0.3, -0.25) is 9.59 Å². The Morgan fingerprint density at radius 1 is 0.925 bits per heavy atom. The van der Waals surface area contributed by atoms with Crippen molar-refractivity contribution in [2.75, 3.05) is 72.3 Å². The summed E-state index contributed by atoms with van der Waals surface area (Å²) in [7, 11) is 1.63. The van der Waals surface area contributed by atoms with Crippen LogP contribution in [0.3, 0.4) is 0 Å². The number of methoxy groups -OCH3 is 1. The van der Waals surface area contributed by atoms with E-state index in [1.807, 2.05) is 24.8 Å². The molecule has 5 N–H and O–H groups in total. The molecule has 0 aromatic rings. The standard InChI is InChI=1S/C38H65N5O9S/c1-28-14-15-30(10-6-4-5-7-11-32(48-3)37(46)29(2)26-28)42-43-35(45)16-18-49-20-22-51-24-25-52-23-21-50-19-17-39-34(44)13-9-8-12-33-36-31(27-53-33)40-38(47)41-36/h7,11,26,29,31-33,36-37,46H,4-6,8-10,12-25,27H2,1-3H3,(H,39,44)(H,43,45)(H2,40,41,47)/b11-7+,28-26-,42-30?/t29-,31?,32+,33?,36?,37+/m1/s1. The molecule has 0 saturated carbocycles. The van der Waals surface area contributed by atoms with Gasteiger partial charge in [0.1, 0.15) is 6.10 Å². The number of carbonyl (C=O) groups excluding carboxylic acids is 3. The van der Waals surface area contributed by atoms with E-state index in [9.17, 15) is 19.5 Å². The third-order valence-electron chi connectivity index (χ3n) is 9.49. The zero-order valence-electron chi connectivity index (χ0n) is 32.1. The molecule has 1 aliphatic carbocycles. The predicted molar refractivity (Wildman–Crippen MR) is 207 cm³/mol. The molecule has 0 radical (unpaired) electrons. The summed E-state index contributed by atoms with van der Waals surface area (Å²) in [5.41, 5.74) is 4.84. The molecule has 2 saturated heterocycles. The first kappa shape index (κ1) is 44.9. The van der Waals surface area contributed by atoms with Gasteiger partial charge in [-0.05, 0) is 58.3 Å². The van der Waals surface area contributed by atoms with Gasteiger partial charge in [0, 0.05) is 42.7 Å². The Balaban J connectivity index is 1.10. The van der Waals surface area contributed by atoms with Gasteiger partial charge in [0.15, 0.2) is 0 Å². The summed E-state index contributed by atoms with van der Waals surface area (Å²) >= 11 is 1.90. The van der Waals surface area contributed by atoms with Gasteiger partial charge in [-0.15, -0.1) is 0 Å². The molecule has 15 heteroatoms. The summed E-state index contributed by atoms with van der Waals surface area (Å²) in [6.07, 6.45) is 13.9. The van der Waals surface area contributed by atoms with E-state index in [-0.39, 0.29) is 55.0 Å². The Hall–Kier alpha value is -2.53. The quantitative estimate of drug-likeness (QED) is 0.0473. The zero-order valence-corrected chi connectivity index (χ0v) is 32.9. The normalized spacial score (nSPS) is 27.6. The monoisotopic (exact) mass is 767 g/mol. The minimum absolute atomic E-state index is 0.0333. The van der Waals surface area contributed by atoms with E-state index in [1.54, 1.807) is 7.11 Å². The maximum absolute atomic E-state index is 12.4. The second-order valence-corrected chi connectivity index (χ2v) is 15.1. The van der Waals surface area contributed by atoms with Gasteiger partial charge in [0.05, 0.1) is 77.5 Å². The number of unbranched alkanes of at least 4 members (excludes halogenated alkanes) is 1. The summed E-state index contributed by atoms with van der Waals surface area (Å²) in [6.45, 7) is 7.78. The van der Waals surface area contributed by atoms with Gasteiger partial charge < -0.3 is 44.7 Å². The Kier molecular flexibility index (Phi) is 23.0. The summed E-state index contributed by atoms with van der Waals surface area (Å²) in [5.74, 6) is 0.758. The molecule has 0 bridgehead atoms. The first-order chi connectivity index (χ1) is 25.8. The molecule has 3 aliphatic rings. The fourth-order valence-electron chi connectivity index (χ4n) is 6.41. The van der Waals surface area contributed by atoms with E-state index >= 15 is 0 Å². The molecule has 0 aromatic heterocycles. The number of nitrogens with zero attached hydrogens (tertiary/aromatic N) is 1. The number of ether oxygens (including phenoxy) is 5. The van der Waals surface area contributed by atoms with E-state index in [4.69, 9.17) is 23.7 Å². The minimum Gasteiger partial charge on any atom is -0.389 e. The lowest BCUT2D eigenvalue weighted by Gasteiger charge is -2.23. The fourth-order valence-corrected chi connectivity index (χ4v) is 7.95. The maximum Gasteiger partial charge on any atom is 0.315 e. The van der Waals surface area contributed by atoms with Gasteiger partial charge in [0.2, 0.25) is 11.8 Å². The van der Waals surface area contributed by atoms with E-state index in [0.29, 0.717) is 64.5 Å². The SMILES string of the molecule is CO[C@H]1/C=C/CCCCC(=NNC(=O)CCOCCOCCOCCOCCNC(=O)CCCCC2SCC3NC(=O)NC32)CC/C(C)=C\[C@@H](C)[C@@H]1O. The second kappa shape index (κ2) is 27.1. The molecule has 3 rings (SSSR count). The van der Waals surface area contributed by atoms with Gasteiger partial charge in [-0.25, -0.2) is 10.2 Å². The van der Waals surface area contributed by atoms with Crippen LogP contribution in [-0.4, -0.2) is 130 Å². The summed E-state index contributed by atoms with van der Waals surface area (Å²) in [5, 5.41) is 24.4. The highest BCUT2D eigenvalue weighted by Crippen LogP contribution is 2.33. The molecule has 2 heterocycles. The van der Waals surface area contributed by atoms with Crippen LogP contribution in [0.2, 0.25) is 0 Å². The number of aliphatic hydroxyl groups excluding tert-OH is 1. The van der Waals surface area contributed by atoms with Crippen molar-refractivity contribution >= 4 is 35.3 Å². The Morgan fingerprint density at radius 2 is 1.64 bits per heavy atom. The molecule has 4 amide bonds. The Labute approximate surface area is 320 Å². The van der Waals surface area contributed by atoms with Gasteiger partial charge in [0.25, 0.3) is 0 Å². The van der Waals surface area contributed by atoms with Crippen molar-refractivity contribution in [2.45, 2.75) is 114 Å². The van der Waals surface area contributed by atoms with Crippen LogP contribution in [0.4, 0.5) is 4.79 Å². The van der Waals surface area contributed by atoms with Crippen LogP contribution in [0.5, 0.6) is 0 Å². The molecule has 0 aromatic carbocycles. The van der Waals surface area contributed by atoms with Crippen LogP contribution in [-0.2, 0) is 33.3 Å². The van der Waals surface area contributed by atoms with Crippen molar-refractivity contribution in [3.8, 4) is 0 Å². The largest absolute Gasteiger partial charge is 0.389 e. The molecule has 0 spiro atoms. The highest BCUT2D eigenvalue weighted by atomic mass is 32.2. The summed E-state index contributed by atoms with van der Waals surface area (Å²) in [4.78, 5) is 35.9. The van der Waals surface area contributed by atoms with E-state index < -0.39 is 6.10 Å². The number of hydrogen-bond donors (Lipinski definition) is 5. The van der Waals surface area contributed by atoms with E-state index in [1.165, 1.54) is 5.57 Å². The maximum atomic E-state index is 12.4. The van der Waals surface area contributed by atoms with Crippen molar-refractivity contribution in [1.82, 2.24) is 21.4 Å². The van der Waals surface area contributed by atoms with E-state index in [2.05, 4.69) is 45.6 Å². The van der Waals surface area contributed by atoms with Gasteiger partial charge >= 0.3 is 6.03 Å². The van der Waals surface area contributed by atoms with Crippen LogP contribution >= 0.6 is 11.8 Å². The molecule has 53 heavy (non-hydrogen) atoms. The first-order valence-corrected chi connectivity index (χ1v) is 20.5. The highest BCUT2D eigenvalue weighted by molar-refractivity contribution is 8.00. The molecule has 14 nitrogen and oxygen atoms in total. The van der Waals surface area contributed by atoms with Crippen LogP contribution in [0.25, 0.3) is 0 Å². The summed E-state index contributed by atoms with van der Waals surface area (Å²) < 4.78 is 27.6. The van der Waals surface area contributed by atoms with Crippen molar-refractivity contribution < 1.29 is 43.2 Å². The van der Waals surface area contributed by atoms with Gasteiger partial charge in [-0.2, -0.15) is 16.9 Å². The summed E-state index contributed by atoms with van der Waals surface area (Å²) in [6, 6.07) is 0.389. The number of nitrogens with one attached hydrogen (secondary N) is 4. The van der Waals surface area contributed by atoms with Crippen LogP contribution in [0, 0.1) is 5.92 Å². The van der Waals surface area contributed by atoms with Crippen molar-refractivity contribution in [3.05, 3.63) is 23.8 Å². The molecular weight excluding hydrogens is 703 g/mol. The number of hydrogen-bond acceptors (Lipinski definition) is 11. The number of aliphatic hydroxyl groups is 1. The van der Waals surface area contributed by atoms with Crippen LogP contribution in [0.1, 0.15) is 84.5 Å². The zero-order chi connectivity index (χ0) is 38.1. The smallest absolute Gasteiger partial charge is 0.315 e. The Morgan fingerprint density at radius 3 is 2.38 bits per heavy atom. The predicted octanol–water partition coefficient (Wildman–Crippen LogP) is 3.63. The van der Waals surface area contributed by atoms with Crippen molar-refractivity contribution in [3.63, 3.8) is 0 Å². The van der Waals surface area contributed by atoms with Crippen LogP contribution < -0.4 is 21.4 Å².